The van der Waals surface area contributed by atoms with Crippen LogP contribution in [0.3, 0.4) is 0 Å². The van der Waals surface area contributed by atoms with Crippen LogP contribution in [0.1, 0.15) is 43.9 Å². The van der Waals surface area contributed by atoms with Gasteiger partial charge in [-0.1, -0.05) is 45.0 Å². The molecule has 1 saturated heterocycles. The molecule has 158 valence electrons. The first kappa shape index (κ1) is 20.3. The fraction of sp³-hybridized carbons (Fsp3) is 0.400. The Morgan fingerprint density at radius 1 is 1.10 bits per heavy atom. The van der Waals surface area contributed by atoms with Crippen molar-refractivity contribution in [2.45, 2.75) is 44.7 Å². The van der Waals surface area contributed by atoms with Gasteiger partial charge in [0.2, 0.25) is 5.91 Å². The molecule has 30 heavy (non-hydrogen) atoms. The summed E-state index contributed by atoms with van der Waals surface area (Å²) in [6.45, 7) is 7.31. The molecular formula is C25H30N2O3. The smallest absolute Gasteiger partial charge is 0.223 e. The van der Waals surface area contributed by atoms with Gasteiger partial charge in [-0.3, -0.25) is 4.79 Å². The topological polar surface area (TPSA) is 50.8 Å². The number of methoxy groups -OCH3 is 2. The molecule has 0 aromatic heterocycles. The third-order valence-corrected chi connectivity index (χ3v) is 6.63. The molecule has 2 aliphatic rings. The monoisotopic (exact) mass is 406 g/mol. The minimum Gasteiger partial charge on any atom is -0.493 e. The lowest BCUT2D eigenvalue weighted by Crippen LogP contribution is -2.68. The van der Waals surface area contributed by atoms with Crippen molar-refractivity contribution in [3.63, 3.8) is 0 Å². The summed E-state index contributed by atoms with van der Waals surface area (Å²) in [7, 11) is 3.26. The minimum atomic E-state index is -0.621. The van der Waals surface area contributed by atoms with E-state index in [-0.39, 0.29) is 11.3 Å². The quantitative estimate of drug-likeness (QED) is 0.805. The van der Waals surface area contributed by atoms with E-state index in [1.807, 2.05) is 18.2 Å². The maximum Gasteiger partial charge on any atom is 0.223 e. The number of fused-ring (bicyclic) bond motifs is 3. The summed E-state index contributed by atoms with van der Waals surface area (Å²) in [5.74, 6) is 1.46. The van der Waals surface area contributed by atoms with Gasteiger partial charge in [0, 0.05) is 24.1 Å². The normalized spacial score (nSPS) is 21.9. The Hall–Kier alpha value is -2.95. The van der Waals surface area contributed by atoms with Gasteiger partial charge in [-0.05, 0) is 47.4 Å². The summed E-state index contributed by atoms with van der Waals surface area (Å²) in [5, 5.41) is 3.33. The maximum atomic E-state index is 12.6. The number of nitrogens with zero attached hydrogens (tertiary/aromatic N) is 1. The standard InChI is InChI=1S/C25H30N2O3/c1-6-17-7-9-20-19(15-17)24(2,3)25(26-23(28)12-14-27(20)25)13-11-18-8-10-21(29-4)22(16-18)30-5/h7-11,13,15-16H,6,12,14H2,1-5H3,(H,26,28). The minimum absolute atomic E-state index is 0.0832. The Balaban J connectivity index is 1.81. The van der Waals surface area contributed by atoms with Gasteiger partial charge in [0.15, 0.2) is 11.5 Å². The number of nitrogens with one attached hydrogen (secondary N) is 1. The van der Waals surface area contributed by atoms with E-state index in [2.05, 4.69) is 61.3 Å². The van der Waals surface area contributed by atoms with Gasteiger partial charge < -0.3 is 19.7 Å². The highest BCUT2D eigenvalue weighted by atomic mass is 16.5. The highest BCUT2D eigenvalue weighted by Gasteiger charge is 2.57. The molecule has 2 aliphatic heterocycles. The fourth-order valence-corrected chi connectivity index (χ4v) is 4.79. The molecule has 1 fully saturated rings. The first-order valence-electron chi connectivity index (χ1n) is 10.5. The molecule has 0 bridgehead atoms. The number of anilines is 1. The average Bonchev–Trinajstić information content (AvgIpc) is 2.95. The van der Waals surface area contributed by atoms with E-state index in [1.165, 1.54) is 16.8 Å². The summed E-state index contributed by atoms with van der Waals surface area (Å²) in [6, 6.07) is 12.5. The van der Waals surface area contributed by atoms with Crippen LogP contribution in [0.15, 0.2) is 42.5 Å². The summed E-state index contributed by atoms with van der Waals surface area (Å²) in [6.07, 6.45) is 5.69. The van der Waals surface area contributed by atoms with E-state index in [0.717, 1.165) is 12.0 Å². The van der Waals surface area contributed by atoms with Crippen LogP contribution in [0, 0.1) is 0 Å². The number of amides is 1. The van der Waals surface area contributed by atoms with E-state index in [9.17, 15) is 4.79 Å². The van der Waals surface area contributed by atoms with Crippen LogP contribution in [0.4, 0.5) is 5.69 Å². The molecule has 0 aliphatic carbocycles. The van der Waals surface area contributed by atoms with E-state index in [0.29, 0.717) is 24.5 Å². The summed E-state index contributed by atoms with van der Waals surface area (Å²) >= 11 is 0. The number of carbonyl (C=O) groups is 1. The Bertz CT molecular complexity index is 1010. The van der Waals surface area contributed by atoms with Gasteiger partial charge in [0.05, 0.1) is 14.2 Å². The lowest BCUT2D eigenvalue weighted by molar-refractivity contribution is -0.124. The van der Waals surface area contributed by atoms with Crippen LogP contribution in [-0.2, 0) is 16.6 Å². The molecule has 5 heteroatoms. The second-order valence-electron chi connectivity index (χ2n) is 8.49. The molecular weight excluding hydrogens is 376 g/mol. The Morgan fingerprint density at radius 3 is 2.57 bits per heavy atom. The third kappa shape index (κ3) is 2.95. The number of ether oxygens (including phenoxy) is 2. The number of benzene rings is 2. The molecule has 0 spiro atoms. The van der Waals surface area contributed by atoms with Gasteiger partial charge in [-0.2, -0.15) is 0 Å². The van der Waals surface area contributed by atoms with E-state index in [4.69, 9.17) is 9.47 Å². The van der Waals surface area contributed by atoms with E-state index in [1.54, 1.807) is 14.2 Å². The molecule has 2 aromatic carbocycles. The van der Waals surface area contributed by atoms with Crippen molar-refractivity contribution >= 4 is 17.7 Å². The van der Waals surface area contributed by atoms with E-state index < -0.39 is 5.66 Å². The fourth-order valence-electron chi connectivity index (χ4n) is 4.79. The van der Waals surface area contributed by atoms with Crippen molar-refractivity contribution in [1.82, 2.24) is 5.32 Å². The molecule has 1 amide bonds. The van der Waals surface area contributed by atoms with Crippen LogP contribution < -0.4 is 19.7 Å². The number of carbonyl (C=O) groups excluding carboxylic acids is 1. The molecule has 1 unspecified atom stereocenters. The zero-order valence-electron chi connectivity index (χ0n) is 18.4. The molecule has 4 rings (SSSR count). The first-order chi connectivity index (χ1) is 14.4. The van der Waals surface area contributed by atoms with Crippen molar-refractivity contribution in [2.75, 3.05) is 25.7 Å². The van der Waals surface area contributed by atoms with Crippen LogP contribution in [0.5, 0.6) is 11.5 Å². The lowest BCUT2D eigenvalue weighted by Gasteiger charge is -2.49. The Kier molecular flexibility index (Phi) is 5.00. The Morgan fingerprint density at radius 2 is 1.87 bits per heavy atom. The highest BCUT2D eigenvalue weighted by molar-refractivity contribution is 5.84. The second-order valence-corrected chi connectivity index (χ2v) is 8.49. The molecule has 0 saturated carbocycles. The number of rotatable bonds is 5. The zero-order chi connectivity index (χ0) is 21.5. The van der Waals surface area contributed by atoms with Gasteiger partial charge >= 0.3 is 0 Å². The van der Waals surface area contributed by atoms with Crippen LogP contribution in [-0.4, -0.2) is 32.3 Å². The summed E-state index contributed by atoms with van der Waals surface area (Å²) in [4.78, 5) is 14.9. The molecule has 2 heterocycles. The first-order valence-corrected chi connectivity index (χ1v) is 10.5. The lowest BCUT2D eigenvalue weighted by atomic mass is 9.74. The van der Waals surface area contributed by atoms with Gasteiger partial charge in [-0.25, -0.2) is 0 Å². The summed E-state index contributed by atoms with van der Waals surface area (Å²) in [5.41, 5.74) is 3.87. The van der Waals surface area contributed by atoms with Crippen LogP contribution >= 0.6 is 0 Å². The van der Waals surface area contributed by atoms with Crippen LogP contribution in [0.25, 0.3) is 6.08 Å². The van der Waals surface area contributed by atoms with Crippen LogP contribution in [0.2, 0.25) is 0 Å². The van der Waals surface area contributed by atoms with Gasteiger partial charge in [-0.15, -0.1) is 0 Å². The van der Waals surface area contributed by atoms with Crippen molar-refractivity contribution < 1.29 is 14.3 Å². The van der Waals surface area contributed by atoms with Crippen molar-refractivity contribution in [2.24, 2.45) is 0 Å². The average molecular weight is 407 g/mol. The highest BCUT2D eigenvalue weighted by Crippen LogP contribution is 2.52. The summed E-state index contributed by atoms with van der Waals surface area (Å²) < 4.78 is 10.8. The van der Waals surface area contributed by atoms with Crippen molar-refractivity contribution in [3.8, 4) is 11.5 Å². The maximum absolute atomic E-state index is 12.6. The molecule has 1 atom stereocenters. The van der Waals surface area contributed by atoms with Crippen molar-refractivity contribution in [1.29, 1.82) is 0 Å². The van der Waals surface area contributed by atoms with Crippen molar-refractivity contribution in [3.05, 3.63) is 59.2 Å². The predicted molar refractivity (Wildman–Crippen MR) is 120 cm³/mol. The molecule has 5 nitrogen and oxygen atoms in total. The molecule has 2 aromatic rings. The third-order valence-electron chi connectivity index (χ3n) is 6.63. The zero-order valence-corrected chi connectivity index (χ0v) is 18.4. The number of hydrogen-bond donors (Lipinski definition) is 1. The molecule has 1 N–H and O–H groups in total. The SMILES string of the molecule is CCc1ccc2c(c1)C(C)(C)C1(C=Cc3ccc(OC)c(OC)c3)NC(=O)CCN21. The predicted octanol–water partition coefficient (Wildman–Crippen LogP) is 4.29. The number of hydrogen-bond acceptors (Lipinski definition) is 4. The number of aryl methyl sites for hydroxylation is 1. The van der Waals surface area contributed by atoms with E-state index >= 15 is 0 Å². The second kappa shape index (κ2) is 7.38. The van der Waals surface area contributed by atoms with Gasteiger partial charge in [0.25, 0.3) is 0 Å². The Labute approximate surface area is 178 Å². The largest absolute Gasteiger partial charge is 0.493 e. The molecule has 0 radical (unpaired) electrons. The van der Waals surface area contributed by atoms with Gasteiger partial charge in [0.1, 0.15) is 5.66 Å².